The summed E-state index contributed by atoms with van der Waals surface area (Å²) in [5, 5.41) is 4.59. The number of alkyl halides is 3. The Morgan fingerprint density at radius 2 is 1.88 bits per heavy atom. The standard InChI is InChI=1S/C21H28F3N5O4S/c1-13(2)29-18(20(32-3)4-6-28(7-5-20)15-11-33-12-15)9-16(27-29)14-8-17(19(25)26-10-14)34(30,31)21(22,23)24/h8-10,13,15H,4-7,11-12H2,1-3H3,(H2,25,26). The molecule has 0 spiro atoms. The summed E-state index contributed by atoms with van der Waals surface area (Å²) in [4.78, 5) is 5.00. The van der Waals surface area contributed by atoms with Crippen molar-refractivity contribution in [3.05, 3.63) is 24.0 Å². The van der Waals surface area contributed by atoms with Crippen LogP contribution in [0.3, 0.4) is 0 Å². The highest BCUT2D eigenvalue weighted by atomic mass is 32.2. The number of nitrogens with two attached hydrogens (primary N) is 1. The van der Waals surface area contributed by atoms with E-state index in [1.807, 2.05) is 13.8 Å². The molecule has 4 rings (SSSR count). The minimum atomic E-state index is -5.67. The van der Waals surface area contributed by atoms with E-state index in [2.05, 4.69) is 15.0 Å². The first-order chi connectivity index (χ1) is 15.9. The normalized spacial score (nSPS) is 20.0. The molecule has 13 heteroatoms. The molecule has 0 atom stereocenters. The predicted octanol–water partition coefficient (Wildman–Crippen LogP) is 2.74. The maximum Gasteiger partial charge on any atom is 0.502 e. The van der Waals surface area contributed by atoms with E-state index in [9.17, 15) is 21.6 Å². The third kappa shape index (κ3) is 4.18. The van der Waals surface area contributed by atoms with Gasteiger partial charge in [-0.05, 0) is 38.8 Å². The summed E-state index contributed by atoms with van der Waals surface area (Å²) in [5.41, 5.74) is 0.551. The van der Waals surface area contributed by atoms with Crippen molar-refractivity contribution in [1.82, 2.24) is 19.7 Å². The SMILES string of the molecule is COC1(c2cc(-c3cnc(N)c(S(=O)(=O)C(F)(F)F)c3)nn2C(C)C)CCN(C2COC2)CC1. The number of sulfone groups is 1. The number of hydrogen-bond acceptors (Lipinski definition) is 8. The van der Waals surface area contributed by atoms with Gasteiger partial charge in [0.2, 0.25) is 0 Å². The number of aromatic nitrogens is 3. The van der Waals surface area contributed by atoms with Crippen LogP contribution in [0.2, 0.25) is 0 Å². The van der Waals surface area contributed by atoms with Gasteiger partial charge < -0.3 is 15.2 Å². The number of piperidine rings is 1. The van der Waals surface area contributed by atoms with E-state index < -0.39 is 31.7 Å². The van der Waals surface area contributed by atoms with Gasteiger partial charge in [0.15, 0.2) is 0 Å². The largest absolute Gasteiger partial charge is 0.502 e. The Hall–Kier alpha value is -2.22. The topological polar surface area (TPSA) is 113 Å². The highest BCUT2D eigenvalue weighted by molar-refractivity contribution is 7.92. The second kappa shape index (κ2) is 8.77. The lowest BCUT2D eigenvalue weighted by Crippen LogP contribution is -2.54. The fourth-order valence-corrected chi connectivity index (χ4v) is 5.31. The van der Waals surface area contributed by atoms with E-state index in [1.165, 1.54) is 6.20 Å². The number of hydrogen-bond donors (Lipinski definition) is 1. The fraction of sp³-hybridized carbons (Fsp3) is 0.619. The van der Waals surface area contributed by atoms with Gasteiger partial charge in [0.05, 0.1) is 30.6 Å². The van der Waals surface area contributed by atoms with E-state index in [0.717, 1.165) is 38.1 Å². The van der Waals surface area contributed by atoms with Gasteiger partial charge in [0.25, 0.3) is 9.84 Å². The van der Waals surface area contributed by atoms with Crippen LogP contribution in [0.4, 0.5) is 19.0 Å². The van der Waals surface area contributed by atoms with E-state index in [1.54, 1.807) is 17.9 Å². The van der Waals surface area contributed by atoms with Crippen LogP contribution in [-0.2, 0) is 24.9 Å². The maximum atomic E-state index is 13.1. The van der Waals surface area contributed by atoms with Crippen molar-refractivity contribution in [1.29, 1.82) is 0 Å². The van der Waals surface area contributed by atoms with Crippen LogP contribution in [0, 0.1) is 0 Å². The molecule has 2 saturated heterocycles. The monoisotopic (exact) mass is 503 g/mol. The van der Waals surface area contributed by atoms with Crippen molar-refractivity contribution in [2.45, 2.75) is 54.8 Å². The summed E-state index contributed by atoms with van der Waals surface area (Å²) < 4.78 is 76.5. The number of nitrogen functional groups attached to an aromatic ring is 1. The molecule has 2 N–H and O–H groups in total. The van der Waals surface area contributed by atoms with Gasteiger partial charge >= 0.3 is 5.51 Å². The second-order valence-corrected chi connectivity index (χ2v) is 10.8. The summed E-state index contributed by atoms with van der Waals surface area (Å²) in [6, 6.07) is 2.95. The average molecular weight is 504 g/mol. The lowest BCUT2D eigenvalue weighted by Gasteiger charge is -2.46. The van der Waals surface area contributed by atoms with Crippen LogP contribution in [0.25, 0.3) is 11.3 Å². The van der Waals surface area contributed by atoms with Crippen molar-refractivity contribution >= 4 is 15.7 Å². The van der Waals surface area contributed by atoms with E-state index in [-0.39, 0.29) is 11.6 Å². The molecule has 0 unspecified atom stereocenters. The van der Waals surface area contributed by atoms with Gasteiger partial charge in [-0.25, -0.2) is 13.4 Å². The predicted molar refractivity (Wildman–Crippen MR) is 118 cm³/mol. The maximum absolute atomic E-state index is 13.1. The van der Waals surface area contributed by atoms with Crippen molar-refractivity contribution in [3.63, 3.8) is 0 Å². The first kappa shape index (κ1) is 24.9. The molecule has 0 bridgehead atoms. The number of rotatable bonds is 6. The van der Waals surface area contributed by atoms with Crippen LogP contribution in [0.1, 0.15) is 38.4 Å². The van der Waals surface area contributed by atoms with Crippen LogP contribution in [-0.4, -0.2) is 73.0 Å². The molecule has 0 aliphatic carbocycles. The highest BCUT2D eigenvalue weighted by Crippen LogP contribution is 2.41. The lowest BCUT2D eigenvalue weighted by atomic mass is 9.86. The number of likely N-dealkylation sites (tertiary alicyclic amines) is 1. The zero-order valence-corrected chi connectivity index (χ0v) is 20.0. The second-order valence-electron chi connectivity index (χ2n) is 8.94. The fourth-order valence-electron chi connectivity index (χ4n) is 4.45. The molecule has 9 nitrogen and oxygen atoms in total. The van der Waals surface area contributed by atoms with Crippen LogP contribution in [0.15, 0.2) is 23.2 Å². The zero-order chi connectivity index (χ0) is 24.9. The van der Waals surface area contributed by atoms with Gasteiger partial charge in [-0.3, -0.25) is 9.58 Å². The van der Waals surface area contributed by atoms with Gasteiger partial charge in [-0.1, -0.05) is 0 Å². The van der Waals surface area contributed by atoms with Crippen molar-refractivity contribution in [2.75, 3.05) is 39.1 Å². The van der Waals surface area contributed by atoms with Gasteiger partial charge in [-0.15, -0.1) is 0 Å². The molecule has 2 aromatic heterocycles. The molecule has 188 valence electrons. The lowest BCUT2D eigenvalue weighted by molar-refractivity contribution is -0.115. The molecule has 2 fully saturated rings. The quantitative estimate of drug-likeness (QED) is 0.641. The van der Waals surface area contributed by atoms with Crippen molar-refractivity contribution in [2.24, 2.45) is 0 Å². The van der Waals surface area contributed by atoms with Gasteiger partial charge in [-0.2, -0.15) is 18.3 Å². The average Bonchev–Trinajstić information content (AvgIpc) is 3.19. The van der Waals surface area contributed by atoms with Gasteiger partial charge in [0.1, 0.15) is 16.3 Å². The minimum Gasteiger partial charge on any atom is -0.383 e. The Balaban J connectivity index is 1.73. The molecule has 0 aromatic carbocycles. The number of halogens is 3. The molecule has 0 saturated carbocycles. The summed E-state index contributed by atoms with van der Waals surface area (Å²) in [6.45, 7) is 6.93. The van der Waals surface area contributed by atoms with Gasteiger partial charge in [0, 0.05) is 38.0 Å². The van der Waals surface area contributed by atoms with Crippen LogP contribution < -0.4 is 5.73 Å². The molecule has 4 heterocycles. The van der Waals surface area contributed by atoms with Crippen LogP contribution in [0.5, 0.6) is 0 Å². The zero-order valence-electron chi connectivity index (χ0n) is 19.2. The van der Waals surface area contributed by atoms with E-state index in [4.69, 9.17) is 15.2 Å². The summed E-state index contributed by atoms with van der Waals surface area (Å²) >= 11 is 0. The summed E-state index contributed by atoms with van der Waals surface area (Å²) in [5.74, 6) is -0.717. The molecule has 2 aromatic rings. The Morgan fingerprint density at radius 1 is 1.24 bits per heavy atom. The van der Waals surface area contributed by atoms with Crippen molar-refractivity contribution < 1.29 is 31.1 Å². The Bertz CT molecular complexity index is 1150. The smallest absolute Gasteiger partial charge is 0.383 e. The third-order valence-electron chi connectivity index (χ3n) is 6.60. The number of ether oxygens (including phenoxy) is 2. The number of methoxy groups -OCH3 is 1. The number of anilines is 1. The summed E-state index contributed by atoms with van der Waals surface area (Å²) in [6.07, 6.45) is 2.62. The minimum absolute atomic E-state index is 0.0750. The molecular formula is C21H28F3N5O4S. The van der Waals surface area contributed by atoms with Crippen LogP contribution >= 0.6 is 0 Å². The Morgan fingerprint density at radius 3 is 2.38 bits per heavy atom. The Kier molecular flexibility index (Phi) is 6.42. The number of pyridine rings is 1. The highest BCUT2D eigenvalue weighted by Gasteiger charge is 2.48. The van der Waals surface area contributed by atoms with Crippen molar-refractivity contribution in [3.8, 4) is 11.3 Å². The molecule has 0 amide bonds. The molecule has 0 radical (unpaired) electrons. The third-order valence-corrected chi connectivity index (χ3v) is 8.11. The molecular weight excluding hydrogens is 475 g/mol. The van der Waals surface area contributed by atoms with E-state index in [0.29, 0.717) is 24.6 Å². The molecule has 2 aliphatic rings. The van der Waals surface area contributed by atoms with E-state index >= 15 is 0 Å². The number of nitrogens with zero attached hydrogens (tertiary/aromatic N) is 4. The molecule has 2 aliphatic heterocycles. The first-order valence-electron chi connectivity index (χ1n) is 10.9. The Labute approximate surface area is 195 Å². The first-order valence-corrected chi connectivity index (χ1v) is 12.4. The molecule has 34 heavy (non-hydrogen) atoms. The summed E-state index contributed by atoms with van der Waals surface area (Å²) in [7, 11) is -4.03.